The second-order valence-electron chi connectivity index (χ2n) is 8.00. The normalized spacial score (nSPS) is 20.5. The fourth-order valence-electron chi connectivity index (χ4n) is 4.42. The molecule has 2 N–H and O–H groups in total. The van der Waals surface area contributed by atoms with Crippen LogP contribution in [0.25, 0.3) is 0 Å². The SMILES string of the molecule is CCOC(C)c1noc(CNC(=NC)NC2CC3(CCCC3)Oc3ccccc32)n1.I. The molecule has 1 aliphatic carbocycles. The number of hydrogen-bond acceptors (Lipinski definition) is 6. The summed E-state index contributed by atoms with van der Waals surface area (Å²) in [5, 5.41) is 10.9. The van der Waals surface area contributed by atoms with Crippen molar-refractivity contribution >= 4 is 29.9 Å². The summed E-state index contributed by atoms with van der Waals surface area (Å²) in [5.74, 6) is 2.73. The molecule has 2 atom stereocenters. The maximum absolute atomic E-state index is 6.45. The molecule has 1 fully saturated rings. The van der Waals surface area contributed by atoms with Gasteiger partial charge in [0.25, 0.3) is 0 Å². The second-order valence-corrected chi connectivity index (χ2v) is 8.00. The fourth-order valence-corrected chi connectivity index (χ4v) is 4.42. The Balaban J connectivity index is 0.00000272. The molecule has 2 aromatic rings. The van der Waals surface area contributed by atoms with Gasteiger partial charge in [0.15, 0.2) is 11.8 Å². The van der Waals surface area contributed by atoms with Crippen LogP contribution in [-0.4, -0.2) is 35.4 Å². The van der Waals surface area contributed by atoms with Crippen LogP contribution >= 0.6 is 24.0 Å². The van der Waals surface area contributed by atoms with E-state index in [9.17, 15) is 0 Å². The van der Waals surface area contributed by atoms with E-state index in [-0.39, 0.29) is 41.7 Å². The summed E-state index contributed by atoms with van der Waals surface area (Å²) in [6.07, 6.45) is 5.40. The highest BCUT2D eigenvalue weighted by atomic mass is 127. The number of aromatic nitrogens is 2. The minimum Gasteiger partial charge on any atom is -0.487 e. The van der Waals surface area contributed by atoms with E-state index in [1.165, 1.54) is 18.4 Å². The molecule has 4 rings (SSSR count). The zero-order valence-corrected chi connectivity index (χ0v) is 20.7. The van der Waals surface area contributed by atoms with E-state index in [2.05, 4.69) is 44.0 Å². The molecule has 1 aliphatic heterocycles. The van der Waals surface area contributed by atoms with E-state index in [4.69, 9.17) is 14.0 Å². The number of para-hydroxylation sites is 1. The largest absolute Gasteiger partial charge is 0.487 e. The first kappa shape index (κ1) is 23.8. The van der Waals surface area contributed by atoms with Crippen LogP contribution in [0.5, 0.6) is 5.75 Å². The van der Waals surface area contributed by atoms with Gasteiger partial charge >= 0.3 is 0 Å². The maximum Gasteiger partial charge on any atom is 0.246 e. The average Bonchev–Trinajstić information content (AvgIpc) is 3.41. The third kappa shape index (κ3) is 5.49. The number of aliphatic imine (C=N–C) groups is 1. The number of halogens is 1. The molecule has 2 aliphatic rings. The highest BCUT2D eigenvalue weighted by Crippen LogP contribution is 2.46. The Bertz CT molecular complexity index is 882. The van der Waals surface area contributed by atoms with Gasteiger partial charge in [-0.3, -0.25) is 4.99 Å². The van der Waals surface area contributed by atoms with Crippen molar-refractivity contribution in [2.24, 2.45) is 4.99 Å². The van der Waals surface area contributed by atoms with Crippen LogP contribution < -0.4 is 15.4 Å². The summed E-state index contributed by atoms with van der Waals surface area (Å²) >= 11 is 0. The molecule has 0 saturated heterocycles. The predicted molar refractivity (Wildman–Crippen MR) is 129 cm³/mol. The molecular formula is C22H32IN5O3. The number of nitrogens with zero attached hydrogens (tertiary/aromatic N) is 3. The molecule has 1 spiro atoms. The Labute approximate surface area is 200 Å². The van der Waals surface area contributed by atoms with E-state index in [0.717, 1.165) is 25.0 Å². The molecule has 170 valence electrons. The van der Waals surface area contributed by atoms with E-state index >= 15 is 0 Å². The summed E-state index contributed by atoms with van der Waals surface area (Å²) in [5.41, 5.74) is 1.10. The van der Waals surface area contributed by atoms with Crippen molar-refractivity contribution < 1.29 is 14.0 Å². The minimum atomic E-state index is -0.189. The monoisotopic (exact) mass is 541 g/mol. The van der Waals surface area contributed by atoms with Crippen molar-refractivity contribution in [3.05, 3.63) is 41.5 Å². The summed E-state index contributed by atoms with van der Waals surface area (Å²) in [7, 11) is 1.77. The topological polar surface area (TPSA) is 93.8 Å². The molecule has 8 nitrogen and oxygen atoms in total. The Kier molecular flexibility index (Phi) is 8.15. The van der Waals surface area contributed by atoms with Gasteiger partial charge in [0.1, 0.15) is 17.5 Å². The lowest BCUT2D eigenvalue weighted by molar-refractivity contribution is 0.0396. The molecule has 1 saturated carbocycles. The first-order valence-electron chi connectivity index (χ1n) is 10.8. The van der Waals surface area contributed by atoms with Gasteiger partial charge in [-0.15, -0.1) is 24.0 Å². The van der Waals surface area contributed by atoms with Crippen LogP contribution in [0, 0.1) is 0 Å². The quantitative estimate of drug-likeness (QED) is 0.320. The molecule has 9 heteroatoms. The van der Waals surface area contributed by atoms with Crippen LogP contribution in [0.3, 0.4) is 0 Å². The lowest BCUT2D eigenvalue weighted by atomic mass is 9.86. The summed E-state index contributed by atoms with van der Waals surface area (Å²) in [6.45, 7) is 4.85. The van der Waals surface area contributed by atoms with Crippen molar-refractivity contribution in [1.82, 2.24) is 20.8 Å². The maximum atomic E-state index is 6.45. The van der Waals surface area contributed by atoms with Crippen LogP contribution in [0.4, 0.5) is 0 Å². The zero-order valence-electron chi connectivity index (χ0n) is 18.4. The zero-order chi connectivity index (χ0) is 21.0. The number of benzene rings is 1. The second kappa shape index (κ2) is 10.6. The molecule has 1 aromatic carbocycles. The lowest BCUT2D eigenvalue weighted by Gasteiger charge is -2.40. The van der Waals surface area contributed by atoms with E-state index in [0.29, 0.717) is 30.8 Å². The van der Waals surface area contributed by atoms with Crippen LogP contribution in [0.2, 0.25) is 0 Å². The standard InChI is InChI=1S/C22H31N5O3.HI/c1-4-28-15(2)20-26-19(30-27-20)14-24-21(23-3)25-17-13-22(11-7-8-12-22)29-18-10-6-5-9-16(17)18;/h5-6,9-10,15,17H,4,7-8,11-14H2,1-3H3,(H2,23,24,25);1H. The number of ether oxygens (including phenoxy) is 2. The van der Waals surface area contributed by atoms with Crippen molar-refractivity contribution in [3.8, 4) is 5.75 Å². The van der Waals surface area contributed by atoms with Gasteiger partial charge in [-0.1, -0.05) is 23.4 Å². The van der Waals surface area contributed by atoms with E-state index in [1.807, 2.05) is 19.9 Å². The average molecular weight is 541 g/mol. The summed E-state index contributed by atoms with van der Waals surface area (Å²) in [6, 6.07) is 8.42. The molecule has 0 radical (unpaired) electrons. The van der Waals surface area contributed by atoms with Gasteiger partial charge in [0.2, 0.25) is 5.89 Å². The van der Waals surface area contributed by atoms with Gasteiger partial charge in [-0.25, -0.2) is 0 Å². The predicted octanol–water partition coefficient (Wildman–Crippen LogP) is 4.29. The van der Waals surface area contributed by atoms with Crippen LogP contribution in [-0.2, 0) is 11.3 Å². The van der Waals surface area contributed by atoms with Crippen LogP contribution in [0.1, 0.15) is 75.4 Å². The molecule has 0 bridgehead atoms. The number of hydrogen-bond donors (Lipinski definition) is 2. The van der Waals surface area contributed by atoms with Crippen molar-refractivity contribution in [2.75, 3.05) is 13.7 Å². The van der Waals surface area contributed by atoms with Gasteiger partial charge in [-0.2, -0.15) is 4.98 Å². The molecule has 31 heavy (non-hydrogen) atoms. The van der Waals surface area contributed by atoms with Crippen molar-refractivity contribution in [1.29, 1.82) is 0 Å². The molecule has 2 unspecified atom stereocenters. The Morgan fingerprint density at radius 3 is 2.84 bits per heavy atom. The van der Waals surface area contributed by atoms with Gasteiger partial charge in [0.05, 0.1) is 12.6 Å². The van der Waals surface area contributed by atoms with Gasteiger partial charge in [-0.05, 0) is 45.6 Å². The van der Waals surface area contributed by atoms with Gasteiger partial charge < -0.3 is 24.6 Å². The summed E-state index contributed by atoms with van der Waals surface area (Å²) < 4.78 is 17.3. The number of rotatable bonds is 6. The first-order valence-corrected chi connectivity index (χ1v) is 10.8. The molecule has 0 amide bonds. The van der Waals surface area contributed by atoms with E-state index < -0.39 is 0 Å². The van der Waals surface area contributed by atoms with Gasteiger partial charge in [0, 0.05) is 25.6 Å². The van der Waals surface area contributed by atoms with Crippen molar-refractivity contribution in [3.63, 3.8) is 0 Å². The number of fused-ring (bicyclic) bond motifs is 1. The number of nitrogens with one attached hydrogen (secondary N) is 2. The smallest absolute Gasteiger partial charge is 0.246 e. The lowest BCUT2D eigenvalue weighted by Crippen LogP contribution is -2.46. The Morgan fingerprint density at radius 2 is 2.10 bits per heavy atom. The highest BCUT2D eigenvalue weighted by molar-refractivity contribution is 14.0. The third-order valence-corrected chi connectivity index (χ3v) is 5.92. The fraction of sp³-hybridized carbons (Fsp3) is 0.591. The minimum absolute atomic E-state index is 0. The molecule has 1 aromatic heterocycles. The van der Waals surface area contributed by atoms with Crippen LogP contribution in [0.15, 0.2) is 33.8 Å². The molecule has 2 heterocycles. The summed E-state index contributed by atoms with van der Waals surface area (Å²) in [4.78, 5) is 8.80. The number of guanidine groups is 1. The van der Waals surface area contributed by atoms with E-state index in [1.54, 1.807) is 7.05 Å². The van der Waals surface area contributed by atoms with Crippen molar-refractivity contribution in [2.45, 2.75) is 70.2 Å². The third-order valence-electron chi connectivity index (χ3n) is 5.92. The first-order chi connectivity index (χ1) is 14.6. The Morgan fingerprint density at radius 1 is 1.32 bits per heavy atom. The molecular weight excluding hydrogens is 509 g/mol. The highest BCUT2D eigenvalue weighted by Gasteiger charge is 2.43. The Hall–Kier alpha value is -1.88.